The zero-order valence-electron chi connectivity index (χ0n) is 13.6. The van der Waals surface area contributed by atoms with Crippen molar-refractivity contribution in [2.75, 3.05) is 0 Å². The Balaban J connectivity index is 1.76. The first-order chi connectivity index (χ1) is 11.6. The minimum Gasteiger partial charge on any atom is -0.508 e. The van der Waals surface area contributed by atoms with E-state index in [2.05, 4.69) is 9.88 Å². The number of phenolic OH excluding ortho intramolecular Hbond substituents is 1. The van der Waals surface area contributed by atoms with Crippen LogP contribution in [-0.2, 0) is 13.1 Å². The highest BCUT2D eigenvalue weighted by Crippen LogP contribution is 2.26. The van der Waals surface area contributed by atoms with E-state index in [1.165, 1.54) is 0 Å². The minimum atomic E-state index is -0.166. The van der Waals surface area contributed by atoms with E-state index in [0.717, 1.165) is 49.9 Å². The highest BCUT2D eigenvalue weighted by molar-refractivity contribution is 6.29. The molecule has 1 heterocycles. The Morgan fingerprint density at radius 2 is 1.79 bits per heavy atom. The lowest BCUT2D eigenvalue weighted by Gasteiger charge is -2.36. The molecule has 0 spiro atoms. The van der Waals surface area contributed by atoms with Gasteiger partial charge in [-0.1, -0.05) is 29.8 Å². The number of aliphatic hydroxyl groups excluding tert-OH is 1. The van der Waals surface area contributed by atoms with Crippen LogP contribution in [0.25, 0.3) is 0 Å². The molecule has 0 amide bonds. The molecule has 1 aromatic carbocycles. The molecule has 24 heavy (non-hydrogen) atoms. The van der Waals surface area contributed by atoms with Gasteiger partial charge in [0, 0.05) is 25.3 Å². The Morgan fingerprint density at radius 1 is 1.04 bits per heavy atom. The zero-order chi connectivity index (χ0) is 16.9. The van der Waals surface area contributed by atoms with Crippen molar-refractivity contribution in [3.05, 3.63) is 58.9 Å². The molecule has 0 aliphatic heterocycles. The van der Waals surface area contributed by atoms with Crippen molar-refractivity contribution < 1.29 is 10.2 Å². The van der Waals surface area contributed by atoms with E-state index in [-0.39, 0.29) is 6.10 Å². The number of benzene rings is 1. The van der Waals surface area contributed by atoms with Gasteiger partial charge in [0.2, 0.25) is 0 Å². The number of nitrogens with zero attached hydrogens (tertiary/aromatic N) is 2. The number of pyridine rings is 1. The van der Waals surface area contributed by atoms with Crippen molar-refractivity contribution in [2.45, 2.75) is 50.9 Å². The van der Waals surface area contributed by atoms with E-state index in [1.807, 2.05) is 36.5 Å². The summed E-state index contributed by atoms with van der Waals surface area (Å²) in [6.07, 6.45) is 5.32. The van der Waals surface area contributed by atoms with Crippen LogP contribution in [-0.4, -0.2) is 32.2 Å². The summed E-state index contributed by atoms with van der Waals surface area (Å²) in [5.41, 5.74) is 2.20. The number of aliphatic hydroxyl groups is 1. The number of phenols is 1. The fourth-order valence-corrected chi connectivity index (χ4v) is 3.47. The largest absolute Gasteiger partial charge is 0.508 e. The Bertz CT molecular complexity index is 655. The summed E-state index contributed by atoms with van der Waals surface area (Å²) in [5, 5.41) is 20.0. The van der Waals surface area contributed by atoms with E-state index in [4.69, 9.17) is 11.6 Å². The molecule has 2 aromatic rings. The van der Waals surface area contributed by atoms with Gasteiger partial charge < -0.3 is 10.2 Å². The van der Waals surface area contributed by atoms with E-state index in [1.54, 1.807) is 6.07 Å². The van der Waals surface area contributed by atoms with Crippen LogP contribution >= 0.6 is 11.6 Å². The summed E-state index contributed by atoms with van der Waals surface area (Å²) in [4.78, 5) is 6.58. The van der Waals surface area contributed by atoms with Crippen molar-refractivity contribution in [2.24, 2.45) is 0 Å². The number of aromatic nitrogens is 1. The lowest BCUT2D eigenvalue weighted by Crippen LogP contribution is -2.38. The van der Waals surface area contributed by atoms with E-state index >= 15 is 0 Å². The summed E-state index contributed by atoms with van der Waals surface area (Å²) in [6, 6.07) is 11.6. The second-order valence-corrected chi connectivity index (χ2v) is 6.91. The van der Waals surface area contributed by atoms with Crippen LogP contribution < -0.4 is 0 Å². The maximum Gasteiger partial charge on any atom is 0.129 e. The molecule has 1 aromatic heterocycles. The van der Waals surface area contributed by atoms with Gasteiger partial charge in [-0.15, -0.1) is 0 Å². The van der Waals surface area contributed by atoms with Gasteiger partial charge in [0.05, 0.1) is 6.10 Å². The normalized spacial score (nSPS) is 21.1. The molecule has 0 unspecified atom stereocenters. The first kappa shape index (κ1) is 17.2. The highest BCUT2D eigenvalue weighted by atomic mass is 35.5. The predicted molar refractivity (Wildman–Crippen MR) is 94.9 cm³/mol. The van der Waals surface area contributed by atoms with E-state index in [9.17, 15) is 10.2 Å². The van der Waals surface area contributed by atoms with Gasteiger partial charge in [-0.25, -0.2) is 4.98 Å². The zero-order valence-corrected chi connectivity index (χ0v) is 14.4. The molecule has 1 saturated carbocycles. The van der Waals surface area contributed by atoms with Crippen LogP contribution in [0.2, 0.25) is 5.15 Å². The van der Waals surface area contributed by atoms with Crippen molar-refractivity contribution in [3.8, 4) is 5.75 Å². The van der Waals surface area contributed by atoms with Gasteiger partial charge in [0.15, 0.2) is 0 Å². The molecule has 1 fully saturated rings. The van der Waals surface area contributed by atoms with Gasteiger partial charge in [-0.3, -0.25) is 4.90 Å². The monoisotopic (exact) mass is 346 g/mol. The highest BCUT2D eigenvalue weighted by Gasteiger charge is 2.25. The van der Waals surface area contributed by atoms with Crippen LogP contribution in [0.3, 0.4) is 0 Å². The SMILES string of the molecule is Oc1cccc(CN(Cc2ccc(Cl)nc2)C2CCC(O)CC2)c1. The summed E-state index contributed by atoms with van der Waals surface area (Å²) in [7, 11) is 0. The Kier molecular flexibility index (Phi) is 5.72. The maximum atomic E-state index is 9.78. The summed E-state index contributed by atoms with van der Waals surface area (Å²) >= 11 is 5.88. The number of aromatic hydroxyl groups is 1. The molecule has 4 nitrogen and oxygen atoms in total. The molecule has 0 bridgehead atoms. The minimum absolute atomic E-state index is 0.166. The van der Waals surface area contributed by atoms with Crippen LogP contribution in [0, 0.1) is 0 Å². The van der Waals surface area contributed by atoms with Crippen LogP contribution in [0.4, 0.5) is 0 Å². The molecule has 1 aliphatic carbocycles. The molecule has 0 radical (unpaired) electrons. The topological polar surface area (TPSA) is 56.6 Å². The maximum absolute atomic E-state index is 9.78. The average Bonchev–Trinajstić information content (AvgIpc) is 2.57. The first-order valence-electron chi connectivity index (χ1n) is 8.40. The fourth-order valence-electron chi connectivity index (χ4n) is 3.36. The molecular weight excluding hydrogens is 324 g/mol. The van der Waals surface area contributed by atoms with Crippen LogP contribution in [0.1, 0.15) is 36.8 Å². The summed E-state index contributed by atoms with van der Waals surface area (Å²) in [6.45, 7) is 1.54. The van der Waals surface area contributed by atoms with Crippen molar-refractivity contribution in [1.82, 2.24) is 9.88 Å². The third-order valence-corrected chi connectivity index (χ3v) is 4.88. The Labute approximate surface area is 147 Å². The molecule has 3 rings (SSSR count). The number of rotatable bonds is 5. The van der Waals surface area contributed by atoms with Gasteiger partial charge in [0.25, 0.3) is 0 Å². The molecule has 0 saturated heterocycles. The second-order valence-electron chi connectivity index (χ2n) is 6.53. The quantitative estimate of drug-likeness (QED) is 0.810. The molecule has 128 valence electrons. The lowest BCUT2D eigenvalue weighted by molar-refractivity contribution is 0.0665. The van der Waals surface area contributed by atoms with E-state index < -0.39 is 0 Å². The lowest BCUT2D eigenvalue weighted by atomic mass is 9.91. The molecule has 2 N–H and O–H groups in total. The van der Waals surface area contributed by atoms with Gasteiger partial charge in [-0.05, 0) is 55.0 Å². The van der Waals surface area contributed by atoms with Gasteiger partial charge in [0.1, 0.15) is 10.9 Å². The van der Waals surface area contributed by atoms with Crippen LogP contribution in [0.15, 0.2) is 42.6 Å². The smallest absolute Gasteiger partial charge is 0.129 e. The number of halogens is 1. The molecule has 0 atom stereocenters. The molecule has 5 heteroatoms. The standard InChI is InChI=1S/C19H23ClN2O2/c20-19-9-4-15(11-21-19)13-22(16-5-7-17(23)8-6-16)12-14-2-1-3-18(24)10-14/h1-4,9-11,16-17,23-24H,5-8,12-13H2. The molecule has 1 aliphatic rings. The third kappa shape index (κ3) is 4.69. The fraction of sp³-hybridized carbons (Fsp3) is 0.421. The third-order valence-electron chi connectivity index (χ3n) is 4.65. The Morgan fingerprint density at radius 3 is 2.46 bits per heavy atom. The van der Waals surface area contributed by atoms with Crippen molar-refractivity contribution in [3.63, 3.8) is 0 Å². The van der Waals surface area contributed by atoms with Crippen molar-refractivity contribution >= 4 is 11.6 Å². The summed E-state index contributed by atoms with van der Waals surface area (Å²) < 4.78 is 0. The van der Waals surface area contributed by atoms with Gasteiger partial charge >= 0.3 is 0 Å². The average molecular weight is 347 g/mol. The molecular formula is C19H23ClN2O2. The van der Waals surface area contributed by atoms with Gasteiger partial charge in [-0.2, -0.15) is 0 Å². The van der Waals surface area contributed by atoms with Crippen LogP contribution in [0.5, 0.6) is 5.75 Å². The summed E-state index contributed by atoms with van der Waals surface area (Å²) in [5.74, 6) is 0.291. The second kappa shape index (κ2) is 7.97. The first-order valence-corrected chi connectivity index (χ1v) is 8.78. The van der Waals surface area contributed by atoms with E-state index in [0.29, 0.717) is 16.9 Å². The predicted octanol–water partition coefficient (Wildman–Crippen LogP) is 3.75. The number of hydrogen-bond donors (Lipinski definition) is 2. The Hall–Kier alpha value is -1.62. The number of hydrogen-bond acceptors (Lipinski definition) is 4. The van der Waals surface area contributed by atoms with Crippen molar-refractivity contribution in [1.29, 1.82) is 0 Å².